The number of carbonyl (C=O) groups is 1. The minimum Gasteiger partial charge on any atom is -0.487 e. The van der Waals surface area contributed by atoms with Gasteiger partial charge in [-0.2, -0.15) is 13.2 Å². The molecular formula is C19H22F3N5O2. The molecule has 1 N–H and O–H groups in total. The number of hydrogen-bond donors (Lipinski definition) is 1. The zero-order valence-electron chi connectivity index (χ0n) is 16.3. The lowest BCUT2D eigenvalue weighted by atomic mass is 10.1. The molecule has 0 radical (unpaired) electrons. The van der Waals surface area contributed by atoms with Crippen molar-refractivity contribution in [1.82, 2.24) is 20.2 Å². The standard InChI is InChI=1S/C19H22F3N5O2/c1-12(24-18(28)26(2)3)13-4-6-14(7-5-13)29-15-10-27(11-15)17-23-9-8-16(25-17)19(20,21)22/h4-9,12,15H,10-11H2,1-3H3,(H,24,28)/t12-/m0/s1. The number of benzene rings is 1. The summed E-state index contributed by atoms with van der Waals surface area (Å²) in [7, 11) is 3.34. The summed E-state index contributed by atoms with van der Waals surface area (Å²) >= 11 is 0. The fourth-order valence-electron chi connectivity index (χ4n) is 2.76. The van der Waals surface area contributed by atoms with Gasteiger partial charge in [0.25, 0.3) is 0 Å². The second-order valence-corrected chi connectivity index (χ2v) is 7.02. The molecule has 1 atom stereocenters. The first-order valence-corrected chi connectivity index (χ1v) is 9.03. The van der Waals surface area contributed by atoms with Gasteiger partial charge in [0, 0.05) is 20.3 Å². The summed E-state index contributed by atoms with van der Waals surface area (Å²) in [5.74, 6) is 0.690. The second kappa shape index (κ2) is 8.14. The molecule has 2 amide bonds. The molecule has 29 heavy (non-hydrogen) atoms. The molecule has 10 heteroatoms. The van der Waals surface area contributed by atoms with Crippen LogP contribution in [0.15, 0.2) is 36.5 Å². The fourth-order valence-corrected chi connectivity index (χ4v) is 2.76. The zero-order valence-corrected chi connectivity index (χ0v) is 16.3. The minimum absolute atomic E-state index is 0.0421. The number of nitrogens with zero attached hydrogens (tertiary/aromatic N) is 4. The number of ether oxygens (including phenoxy) is 1. The number of halogens is 3. The van der Waals surface area contributed by atoms with Crippen LogP contribution in [0.4, 0.5) is 23.9 Å². The van der Waals surface area contributed by atoms with E-state index >= 15 is 0 Å². The third-order valence-electron chi connectivity index (χ3n) is 4.49. The Morgan fingerprint density at radius 3 is 2.48 bits per heavy atom. The van der Waals surface area contributed by atoms with Gasteiger partial charge in [0.15, 0.2) is 0 Å². The molecule has 1 aliphatic heterocycles. The van der Waals surface area contributed by atoms with E-state index in [1.54, 1.807) is 31.1 Å². The number of amides is 2. The Morgan fingerprint density at radius 2 is 1.90 bits per heavy atom. The summed E-state index contributed by atoms with van der Waals surface area (Å²) in [6, 6.07) is 7.85. The fraction of sp³-hybridized carbons (Fsp3) is 0.421. The van der Waals surface area contributed by atoms with Crippen LogP contribution >= 0.6 is 0 Å². The average molecular weight is 409 g/mol. The Balaban J connectivity index is 1.52. The number of anilines is 1. The van der Waals surface area contributed by atoms with Crippen molar-refractivity contribution >= 4 is 12.0 Å². The van der Waals surface area contributed by atoms with E-state index in [1.165, 1.54) is 4.90 Å². The third-order valence-corrected chi connectivity index (χ3v) is 4.49. The van der Waals surface area contributed by atoms with Crippen molar-refractivity contribution < 1.29 is 22.7 Å². The quantitative estimate of drug-likeness (QED) is 0.822. The first-order chi connectivity index (χ1) is 13.6. The number of carbonyl (C=O) groups excluding carboxylic acids is 1. The Morgan fingerprint density at radius 1 is 1.24 bits per heavy atom. The van der Waals surface area contributed by atoms with E-state index in [4.69, 9.17) is 4.74 Å². The van der Waals surface area contributed by atoms with E-state index in [0.29, 0.717) is 18.8 Å². The van der Waals surface area contributed by atoms with Gasteiger partial charge < -0.3 is 19.9 Å². The number of urea groups is 1. The van der Waals surface area contributed by atoms with Gasteiger partial charge in [-0.15, -0.1) is 0 Å². The predicted molar refractivity (Wildman–Crippen MR) is 101 cm³/mol. The first-order valence-electron chi connectivity index (χ1n) is 9.03. The summed E-state index contributed by atoms with van der Waals surface area (Å²) in [6.45, 7) is 2.69. The van der Waals surface area contributed by atoms with Crippen molar-refractivity contribution in [2.24, 2.45) is 0 Å². The van der Waals surface area contributed by atoms with Gasteiger partial charge >= 0.3 is 12.2 Å². The SMILES string of the molecule is C[C@H](NC(=O)N(C)C)c1ccc(OC2CN(c3nccc(C(F)(F)F)n3)C2)cc1. The molecule has 1 saturated heterocycles. The molecule has 0 spiro atoms. The van der Waals surface area contributed by atoms with Crippen molar-refractivity contribution in [2.45, 2.75) is 25.2 Å². The van der Waals surface area contributed by atoms with Crippen LogP contribution in [0.2, 0.25) is 0 Å². The van der Waals surface area contributed by atoms with E-state index in [-0.39, 0.29) is 24.1 Å². The second-order valence-electron chi connectivity index (χ2n) is 7.02. The van der Waals surface area contributed by atoms with Crippen molar-refractivity contribution in [1.29, 1.82) is 0 Å². The van der Waals surface area contributed by atoms with Crippen LogP contribution in [0.5, 0.6) is 5.75 Å². The summed E-state index contributed by atoms with van der Waals surface area (Å²) < 4.78 is 44.1. The Hall–Kier alpha value is -3.04. The van der Waals surface area contributed by atoms with E-state index in [2.05, 4.69) is 15.3 Å². The highest BCUT2D eigenvalue weighted by molar-refractivity contribution is 5.74. The molecule has 3 rings (SSSR count). The molecule has 2 heterocycles. The van der Waals surface area contributed by atoms with Gasteiger partial charge in [-0.1, -0.05) is 12.1 Å². The van der Waals surface area contributed by atoms with Crippen molar-refractivity contribution in [3.8, 4) is 5.75 Å². The third kappa shape index (κ3) is 5.07. The molecule has 0 bridgehead atoms. The highest BCUT2D eigenvalue weighted by Gasteiger charge is 2.35. The summed E-state index contributed by atoms with van der Waals surface area (Å²) in [5, 5.41) is 2.86. The lowest BCUT2D eigenvalue weighted by Gasteiger charge is -2.39. The molecule has 0 unspecified atom stereocenters. The number of nitrogens with one attached hydrogen (secondary N) is 1. The van der Waals surface area contributed by atoms with E-state index in [1.807, 2.05) is 19.1 Å². The van der Waals surface area contributed by atoms with Crippen molar-refractivity contribution in [2.75, 3.05) is 32.1 Å². The van der Waals surface area contributed by atoms with Crippen LogP contribution < -0.4 is 15.0 Å². The highest BCUT2D eigenvalue weighted by Crippen LogP contribution is 2.29. The van der Waals surface area contributed by atoms with Crippen LogP contribution in [0.1, 0.15) is 24.2 Å². The average Bonchev–Trinajstić information content (AvgIpc) is 2.64. The molecule has 1 aliphatic rings. The molecular weight excluding hydrogens is 387 g/mol. The number of alkyl halides is 3. The van der Waals surface area contributed by atoms with Crippen LogP contribution in [0.25, 0.3) is 0 Å². The molecule has 156 valence electrons. The Kier molecular flexibility index (Phi) is 5.81. The minimum atomic E-state index is -4.50. The number of rotatable bonds is 5. The van der Waals surface area contributed by atoms with Gasteiger partial charge in [-0.3, -0.25) is 0 Å². The maximum Gasteiger partial charge on any atom is 0.433 e. The molecule has 1 aromatic heterocycles. The van der Waals surface area contributed by atoms with Gasteiger partial charge in [-0.05, 0) is 30.7 Å². The lowest BCUT2D eigenvalue weighted by Crippen LogP contribution is -2.54. The molecule has 1 aromatic carbocycles. The highest BCUT2D eigenvalue weighted by atomic mass is 19.4. The largest absolute Gasteiger partial charge is 0.487 e. The van der Waals surface area contributed by atoms with Gasteiger partial charge in [0.1, 0.15) is 17.5 Å². The van der Waals surface area contributed by atoms with Crippen molar-refractivity contribution in [3.63, 3.8) is 0 Å². The van der Waals surface area contributed by atoms with Gasteiger partial charge in [0.2, 0.25) is 5.95 Å². The van der Waals surface area contributed by atoms with Crippen LogP contribution in [0.3, 0.4) is 0 Å². The van der Waals surface area contributed by atoms with Crippen molar-refractivity contribution in [3.05, 3.63) is 47.8 Å². The molecule has 0 aliphatic carbocycles. The van der Waals surface area contributed by atoms with Crippen LogP contribution in [-0.4, -0.2) is 54.2 Å². The number of hydrogen-bond acceptors (Lipinski definition) is 5. The number of aromatic nitrogens is 2. The molecule has 1 fully saturated rings. The molecule has 0 saturated carbocycles. The topological polar surface area (TPSA) is 70.6 Å². The molecule has 7 nitrogen and oxygen atoms in total. The van der Waals surface area contributed by atoms with E-state index in [0.717, 1.165) is 17.8 Å². The summed E-state index contributed by atoms with van der Waals surface area (Å²) in [6.07, 6.45) is -3.55. The predicted octanol–water partition coefficient (Wildman–Crippen LogP) is 3.10. The van der Waals surface area contributed by atoms with Crippen LogP contribution in [0, 0.1) is 0 Å². The smallest absolute Gasteiger partial charge is 0.433 e. The first kappa shape index (κ1) is 20.7. The van der Waals surface area contributed by atoms with E-state index in [9.17, 15) is 18.0 Å². The maximum absolute atomic E-state index is 12.8. The Bertz CT molecular complexity index is 852. The summed E-state index contributed by atoms with van der Waals surface area (Å²) in [4.78, 5) is 22.3. The van der Waals surface area contributed by atoms with Crippen LogP contribution in [-0.2, 0) is 6.18 Å². The van der Waals surface area contributed by atoms with Gasteiger partial charge in [-0.25, -0.2) is 14.8 Å². The van der Waals surface area contributed by atoms with Gasteiger partial charge in [0.05, 0.1) is 19.1 Å². The van der Waals surface area contributed by atoms with E-state index < -0.39 is 11.9 Å². The lowest BCUT2D eigenvalue weighted by molar-refractivity contribution is -0.141. The summed E-state index contributed by atoms with van der Waals surface area (Å²) in [5.41, 5.74) is -0.0295. The monoisotopic (exact) mass is 409 g/mol. The molecule has 2 aromatic rings. The normalized spacial score (nSPS) is 15.4. The maximum atomic E-state index is 12.8. The zero-order chi connectivity index (χ0) is 21.2. The Labute approximate surface area is 166 Å².